The molecular weight excluding hydrogens is 232 g/mol. The average molecular weight is 252 g/mol. The number of amides is 1. The van der Waals surface area contributed by atoms with Gasteiger partial charge < -0.3 is 10.6 Å². The highest BCUT2D eigenvalue weighted by atomic mass is 32.2. The van der Waals surface area contributed by atoms with Crippen LogP contribution in [0.3, 0.4) is 0 Å². The van der Waals surface area contributed by atoms with E-state index in [-0.39, 0.29) is 5.91 Å². The second-order valence-electron chi connectivity index (χ2n) is 4.01. The molecule has 0 spiro atoms. The number of aryl methyl sites for hydroxylation is 1. The Bertz CT molecular complexity index is 368. The van der Waals surface area contributed by atoms with Crippen LogP contribution in [0.25, 0.3) is 0 Å². The molecule has 0 bridgehead atoms. The maximum absolute atomic E-state index is 11.8. The summed E-state index contributed by atoms with van der Waals surface area (Å²) < 4.78 is 0. The van der Waals surface area contributed by atoms with Crippen molar-refractivity contribution < 1.29 is 4.79 Å². The number of rotatable bonds is 6. The van der Waals surface area contributed by atoms with E-state index in [0.29, 0.717) is 6.42 Å². The number of thioether (sulfide) groups is 1. The number of carbonyl (C=O) groups is 1. The molecule has 0 saturated carbocycles. The van der Waals surface area contributed by atoms with E-state index in [4.69, 9.17) is 5.73 Å². The molecule has 0 fully saturated rings. The van der Waals surface area contributed by atoms with Gasteiger partial charge in [-0.25, -0.2) is 0 Å². The van der Waals surface area contributed by atoms with E-state index in [9.17, 15) is 4.79 Å². The molecule has 1 aromatic rings. The Hall–Kier alpha value is -1.16. The molecule has 2 N–H and O–H groups in total. The number of nitrogens with two attached hydrogens (primary N) is 1. The van der Waals surface area contributed by atoms with Crippen LogP contribution in [0.5, 0.6) is 0 Å². The molecule has 0 aliphatic carbocycles. The van der Waals surface area contributed by atoms with Gasteiger partial charge in [-0.15, -0.1) is 0 Å². The number of para-hydroxylation sites is 1. The first kappa shape index (κ1) is 13.9. The Kier molecular flexibility index (Phi) is 5.91. The van der Waals surface area contributed by atoms with Gasteiger partial charge in [0.15, 0.2) is 0 Å². The van der Waals surface area contributed by atoms with E-state index in [2.05, 4.69) is 0 Å². The lowest BCUT2D eigenvalue weighted by atomic mass is 10.1. The summed E-state index contributed by atoms with van der Waals surface area (Å²) in [5, 5.41) is 0. The van der Waals surface area contributed by atoms with Crippen molar-refractivity contribution in [3.05, 3.63) is 29.8 Å². The Morgan fingerprint density at radius 3 is 2.76 bits per heavy atom. The van der Waals surface area contributed by atoms with Gasteiger partial charge in [0.1, 0.15) is 0 Å². The lowest BCUT2D eigenvalue weighted by molar-refractivity contribution is -0.129. The first-order valence-corrected chi connectivity index (χ1v) is 7.11. The molecule has 0 radical (unpaired) electrons. The van der Waals surface area contributed by atoms with Crippen molar-refractivity contribution in [2.24, 2.45) is 0 Å². The number of anilines is 1. The highest BCUT2D eigenvalue weighted by Crippen LogP contribution is 2.13. The number of nitrogen functional groups attached to an aromatic ring is 1. The van der Waals surface area contributed by atoms with Gasteiger partial charge in [-0.05, 0) is 24.3 Å². The van der Waals surface area contributed by atoms with Crippen LogP contribution in [0.2, 0.25) is 0 Å². The summed E-state index contributed by atoms with van der Waals surface area (Å²) in [5.74, 6) is 1.16. The van der Waals surface area contributed by atoms with Crippen molar-refractivity contribution in [3.63, 3.8) is 0 Å². The molecule has 0 saturated heterocycles. The quantitative estimate of drug-likeness (QED) is 0.788. The summed E-state index contributed by atoms with van der Waals surface area (Å²) in [5.41, 5.74) is 7.66. The third kappa shape index (κ3) is 4.69. The van der Waals surface area contributed by atoms with Gasteiger partial charge in [-0.3, -0.25) is 4.79 Å². The molecule has 1 amide bonds. The monoisotopic (exact) mass is 252 g/mol. The van der Waals surface area contributed by atoms with Crippen LogP contribution >= 0.6 is 11.8 Å². The number of nitrogens with zero attached hydrogens (tertiary/aromatic N) is 1. The second-order valence-corrected chi connectivity index (χ2v) is 4.99. The summed E-state index contributed by atoms with van der Waals surface area (Å²) in [6.07, 6.45) is 3.29. The van der Waals surface area contributed by atoms with Crippen LogP contribution in [0.15, 0.2) is 24.3 Å². The van der Waals surface area contributed by atoms with Crippen molar-refractivity contribution in [1.82, 2.24) is 4.90 Å². The number of hydrogen-bond acceptors (Lipinski definition) is 3. The number of benzene rings is 1. The summed E-state index contributed by atoms with van der Waals surface area (Å²) in [7, 11) is 1.85. The third-order valence-electron chi connectivity index (χ3n) is 2.72. The zero-order valence-corrected chi connectivity index (χ0v) is 11.3. The van der Waals surface area contributed by atoms with E-state index >= 15 is 0 Å². The fourth-order valence-electron chi connectivity index (χ4n) is 1.55. The van der Waals surface area contributed by atoms with E-state index in [1.165, 1.54) is 0 Å². The highest BCUT2D eigenvalue weighted by Gasteiger charge is 2.08. The first-order chi connectivity index (χ1) is 8.15. The lowest BCUT2D eigenvalue weighted by Crippen LogP contribution is -2.29. The predicted octanol–water partition coefficient (Wildman–Crippen LogP) is 2.02. The van der Waals surface area contributed by atoms with Crippen molar-refractivity contribution in [2.45, 2.75) is 12.8 Å². The Balaban J connectivity index is 2.40. The number of carbonyl (C=O) groups excluding carboxylic acids is 1. The summed E-state index contributed by atoms with van der Waals surface area (Å²) in [4.78, 5) is 13.6. The van der Waals surface area contributed by atoms with Gasteiger partial charge in [0, 0.05) is 31.5 Å². The maximum Gasteiger partial charge on any atom is 0.222 e. The average Bonchev–Trinajstić information content (AvgIpc) is 2.34. The summed E-state index contributed by atoms with van der Waals surface area (Å²) >= 11 is 1.75. The highest BCUT2D eigenvalue weighted by molar-refractivity contribution is 7.98. The van der Waals surface area contributed by atoms with Crippen molar-refractivity contribution in [1.29, 1.82) is 0 Å². The molecule has 1 aromatic carbocycles. The second kappa shape index (κ2) is 7.22. The minimum Gasteiger partial charge on any atom is -0.399 e. The molecule has 0 aromatic heterocycles. The maximum atomic E-state index is 11.8. The van der Waals surface area contributed by atoms with Crippen LogP contribution in [-0.2, 0) is 11.2 Å². The SMILES string of the molecule is CSCCN(C)C(=O)CCc1ccccc1N. The van der Waals surface area contributed by atoms with Gasteiger partial charge in [-0.1, -0.05) is 18.2 Å². The van der Waals surface area contributed by atoms with E-state index < -0.39 is 0 Å². The van der Waals surface area contributed by atoms with E-state index in [1.807, 2.05) is 37.6 Å². The van der Waals surface area contributed by atoms with Crippen LogP contribution in [-0.4, -0.2) is 36.4 Å². The fourth-order valence-corrected chi connectivity index (χ4v) is 2.00. The third-order valence-corrected chi connectivity index (χ3v) is 3.31. The van der Waals surface area contributed by atoms with Crippen LogP contribution < -0.4 is 5.73 Å². The molecular formula is C13H20N2OS. The minimum absolute atomic E-state index is 0.183. The normalized spacial score (nSPS) is 10.2. The smallest absolute Gasteiger partial charge is 0.222 e. The molecule has 0 aliphatic heterocycles. The first-order valence-electron chi connectivity index (χ1n) is 5.71. The largest absolute Gasteiger partial charge is 0.399 e. The Morgan fingerprint density at radius 2 is 2.12 bits per heavy atom. The van der Waals surface area contributed by atoms with Gasteiger partial charge in [0.2, 0.25) is 5.91 Å². The van der Waals surface area contributed by atoms with Gasteiger partial charge in [0.25, 0.3) is 0 Å². The number of hydrogen-bond donors (Lipinski definition) is 1. The molecule has 0 heterocycles. The molecule has 1 rings (SSSR count). The molecule has 3 nitrogen and oxygen atoms in total. The molecule has 0 atom stereocenters. The standard InChI is InChI=1S/C13H20N2OS/c1-15(9-10-17-2)13(16)8-7-11-5-3-4-6-12(11)14/h3-6H,7-10,14H2,1-2H3. The summed E-state index contributed by atoms with van der Waals surface area (Å²) in [6.45, 7) is 0.810. The van der Waals surface area contributed by atoms with Crippen LogP contribution in [0.4, 0.5) is 5.69 Å². The topological polar surface area (TPSA) is 46.3 Å². The van der Waals surface area contributed by atoms with Crippen LogP contribution in [0.1, 0.15) is 12.0 Å². The van der Waals surface area contributed by atoms with Gasteiger partial charge >= 0.3 is 0 Å². The molecule has 94 valence electrons. The molecule has 0 aliphatic rings. The lowest BCUT2D eigenvalue weighted by Gasteiger charge is -2.16. The van der Waals surface area contributed by atoms with E-state index in [0.717, 1.165) is 30.0 Å². The predicted molar refractivity (Wildman–Crippen MR) is 75.2 cm³/mol. The Labute approximate surface area is 107 Å². The van der Waals surface area contributed by atoms with Crippen molar-refractivity contribution >= 4 is 23.4 Å². The minimum atomic E-state index is 0.183. The van der Waals surface area contributed by atoms with Gasteiger partial charge in [0.05, 0.1) is 0 Å². The zero-order valence-electron chi connectivity index (χ0n) is 10.5. The molecule has 4 heteroatoms. The molecule has 17 heavy (non-hydrogen) atoms. The van der Waals surface area contributed by atoms with Crippen molar-refractivity contribution in [2.75, 3.05) is 31.3 Å². The van der Waals surface area contributed by atoms with E-state index in [1.54, 1.807) is 16.7 Å². The molecule has 0 unspecified atom stereocenters. The van der Waals surface area contributed by atoms with Crippen molar-refractivity contribution in [3.8, 4) is 0 Å². The zero-order chi connectivity index (χ0) is 12.7. The Morgan fingerprint density at radius 1 is 1.41 bits per heavy atom. The summed E-state index contributed by atoms with van der Waals surface area (Å²) in [6, 6.07) is 7.71. The van der Waals surface area contributed by atoms with Gasteiger partial charge in [-0.2, -0.15) is 11.8 Å². The fraction of sp³-hybridized carbons (Fsp3) is 0.462. The van der Waals surface area contributed by atoms with Crippen LogP contribution in [0, 0.1) is 0 Å².